The van der Waals surface area contributed by atoms with Crippen LogP contribution in [0.1, 0.15) is 31.7 Å². The van der Waals surface area contributed by atoms with Gasteiger partial charge in [-0.05, 0) is 68.3 Å². The molecule has 2 rings (SSSR count). The first-order valence-electron chi connectivity index (χ1n) is 6.85. The predicted molar refractivity (Wildman–Crippen MR) is 79.5 cm³/mol. The molecule has 0 heterocycles. The molecule has 100 valence electrons. The molecule has 1 nitrogen and oxygen atoms in total. The number of hydrogen-bond donors (Lipinski definition) is 1. The Morgan fingerprint density at radius 3 is 2.61 bits per heavy atom. The molecule has 2 atom stereocenters. The number of rotatable bonds is 6. The average Bonchev–Trinajstić information content (AvgIpc) is 2.32. The van der Waals surface area contributed by atoms with Crippen molar-refractivity contribution in [1.29, 1.82) is 0 Å². The third-order valence-electron chi connectivity index (χ3n) is 3.91. The summed E-state index contributed by atoms with van der Waals surface area (Å²) in [4.78, 5) is 0. The summed E-state index contributed by atoms with van der Waals surface area (Å²) in [6, 6.07) is 5.85. The van der Waals surface area contributed by atoms with Crippen LogP contribution in [0.5, 0.6) is 0 Å². The van der Waals surface area contributed by atoms with E-state index in [4.69, 9.17) is 23.2 Å². The largest absolute Gasteiger partial charge is 0.316 e. The molecule has 0 amide bonds. The molecule has 1 aromatic carbocycles. The average molecular weight is 286 g/mol. The van der Waals surface area contributed by atoms with E-state index in [1.165, 1.54) is 24.8 Å². The van der Waals surface area contributed by atoms with Gasteiger partial charge in [0.05, 0.1) is 0 Å². The van der Waals surface area contributed by atoms with Crippen molar-refractivity contribution in [2.45, 2.75) is 32.6 Å². The first-order chi connectivity index (χ1) is 8.70. The minimum atomic E-state index is 0.721. The molecular formula is C15H21Cl2N. The summed E-state index contributed by atoms with van der Waals surface area (Å²) in [5.74, 6) is 1.61. The Kier molecular flexibility index (Phi) is 5.35. The molecule has 1 aliphatic carbocycles. The molecule has 0 spiro atoms. The third-order valence-corrected chi connectivity index (χ3v) is 4.49. The molecule has 1 saturated carbocycles. The number of nitrogens with one attached hydrogen (secondary N) is 1. The number of halogens is 2. The second-order valence-electron chi connectivity index (χ2n) is 5.24. The van der Waals surface area contributed by atoms with Gasteiger partial charge in [0.1, 0.15) is 0 Å². The number of hydrogen-bond acceptors (Lipinski definition) is 1. The summed E-state index contributed by atoms with van der Waals surface area (Å²) < 4.78 is 0. The molecule has 2 unspecified atom stereocenters. The third kappa shape index (κ3) is 3.63. The van der Waals surface area contributed by atoms with Crippen molar-refractivity contribution >= 4 is 23.2 Å². The summed E-state index contributed by atoms with van der Waals surface area (Å²) in [5, 5.41) is 5.06. The van der Waals surface area contributed by atoms with Crippen molar-refractivity contribution in [3.8, 4) is 0 Å². The monoisotopic (exact) mass is 285 g/mol. The minimum absolute atomic E-state index is 0.721. The van der Waals surface area contributed by atoms with Gasteiger partial charge in [-0.15, -0.1) is 0 Å². The van der Waals surface area contributed by atoms with E-state index in [1.807, 2.05) is 12.1 Å². The summed E-state index contributed by atoms with van der Waals surface area (Å²) >= 11 is 12.1. The van der Waals surface area contributed by atoms with Gasteiger partial charge in [-0.2, -0.15) is 0 Å². The van der Waals surface area contributed by atoms with E-state index in [1.54, 1.807) is 0 Å². The molecule has 0 bridgehead atoms. The molecule has 1 N–H and O–H groups in total. The Bertz CT molecular complexity index is 392. The molecule has 18 heavy (non-hydrogen) atoms. The van der Waals surface area contributed by atoms with Crippen molar-refractivity contribution in [3.63, 3.8) is 0 Å². The summed E-state index contributed by atoms with van der Waals surface area (Å²) in [7, 11) is 0. The number of benzene rings is 1. The molecule has 1 fully saturated rings. The standard InChI is InChI=1S/C15H21Cl2N/c1-2-7-18-10-13-4-3-11(13)8-12-5-6-14(16)9-15(12)17/h5-6,9,11,13,18H,2-4,7-8,10H2,1H3. The van der Waals surface area contributed by atoms with Crippen LogP contribution in [0.15, 0.2) is 18.2 Å². The van der Waals surface area contributed by atoms with Gasteiger partial charge < -0.3 is 5.32 Å². The lowest BCUT2D eigenvalue weighted by atomic mass is 9.70. The van der Waals surface area contributed by atoms with Gasteiger partial charge in [0.15, 0.2) is 0 Å². The van der Waals surface area contributed by atoms with E-state index in [9.17, 15) is 0 Å². The zero-order chi connectivity index (χ0) is 13.0. The predicted octanol–water partition coefficient (Wildman–Crippen LogP) is 4.56. The van der Waals surface area contributed by atoms with Crippen LogP contribution in [-0.2, 0) is 6.42 Å². The zero-order valence-corrected chi connectivity index (χ0v) is 12.4. The van der Waals surface area contributed by atoms with E-state index in [0.717, 1.165) is 41.4 Å². The van der Waals surface area contributed by atoms with E-state index in [0.29, 0.717) is 0 Å². The zero-order valence-electron chi connectivity index (χ0n) is 10.9. The second kappa shape index (κ2) is 6.79. The molecule has 0 aromatic heterocycles. The fourth-order valence-electron chi connectivity index (χ4n) is 2.61. The maximum Gasteiger partial charge on any atom is 0.0452 e. The summed E-state index contributed by atoms with van der Waals surface area (Å²) in [6.07, 6.45) is 4.99. The highest BCUT2D eigenvalue weighted by Crippen LogP contribution is 2.37. The smallest absolute Gasteiger partial charge is 0.0452 e. The van der Waals surface area contributed by atoms with Crippen LogP contribution < -0.4 is 5.32 Å². The van der Waals surface area contributed by atoms with E-state index >= 15 is 0 Å². The Morgan fingerprint density at radius 1 is 1.22 bits per heavy atom. The van der Waals surface area contributed by atoms with Crippen LogP contribution in [0, 0.1) is 11.8 Å². The lowest BCUT2D eigenvalue weighted by Crippen LogP contribution is -2.36. The van der Waals surface area contributed by atoms with Crippen molar-refractivity contribution < 1.29 is 0 Å². The van der Waals surface area contributed by atoms with Crippen LogP contribution in [-0.4, -0.2) is 13.1 Å². The molecule has 0 radical (unpaired) electrons. The molecule has 1 aromatic rings. The Labute approximate surface area is 120 Å². The topological polar surface area (TPSA) is 12.0 Å². The van der Waals surface area contributed by atoms with Gasteiger partial charge in [0.25, 0.3) is 0 Å². The normalized spacial score (nSPS) is 22.8. The van der Waals surface area contributed by atoms with E-state index < -0.39 is 0 Å². The summed E-state index contributed by atoms with van der Waals surface area (Å²) in [6.45, 7) is 4.49. The Hall–Kier alpha value is -0.240. The fraction of sp³-hybridized carbons (Fsp3) is 0.600. The lowest BCUT2D eigenvalue weighted by Gasteiger charge is -2.37. The van der Waals surface area contributed by atoms with Crippen LogP contribution in [0.25, 0.3) is 0 Å². The molecule has 3 heteroatoms. The maximum absolute atomic E-state index is 6.23. The van der Waals surface area contributed by atoms with Gasteiger partial charge in [-0.1, -0.05) is 36.2 Å². The Morgan fingerprint density at radius 2 is 2.00 bits per heavy atom. The lowest BCUT2D eigenvalue weighted by molar-refractivity contribution is 0.171. The van der Waals surface area contributed by atoms with Crippen LogP contribution in [0.2, 0.25) is 10.0 Å². The van der Waals surface area contributed by atoms with Crippen molar-refractivity contribution in [2.24, 2.45) is 11.8 Å². The van der Waals surface area contributed by atoms with Crippen LogP contribution in [0.4, 0.5) is 0 Å². The minimum Gasteiger partial charge on any atom is -0.316 e. The highest BCUT2D eigenvalue weighted by atomic mass is 35.5. The van der Waals surface area contributed by atoms with Crippen LogP contribution >= 0.6 is 23.2 Å². The highest BCUT2D eigenvalue weighted by Gasteiger charge is 2.30. The van der Waals surface area contributed by atoms with E-state index in [-0.39, 0.29) is 0 Å². The molecule has 0 saturated heterocycles. The van der Waals surface area contributed by atoms with Gasteiger partial charge in [0.2, 0.25) is 0 Å². The molecule has 1 aliphatic rings. The highest BCUT2D eigenvalue weighted by molar-refractivity contribution is 6.35. The van der Waals surface area contributed by atoms with E-state index in [2.05, 4.69) is 18.3 Å². The van der Waals surface area contributed by atoms with Gasteiger partial charge in [-0.3, -0.25) is 0 Å². The quantitative estimate of drug-likeness (QED) is 0.756. The van der Waals surface area contributed by atoms with Gasteiger partial charge >= 0.3 is 0 Å². The first-order valence-corrected chi connectivity index (χ1v) is 7.61. The molecular weight excluding hydrogens is 265 g/mol. The SMILES string of the molecule is CCCNCC1CCC1Cc1ccc(Cl)cc1Cl. The van der Waals surface area contributed by atoms with Crippen molar-refractivity contribution in [1.82, 2.24) is 5.32 Å². The fourth-order valence-corrected chi connectivity index (χ4v) is 3.10. The second-order valence-corrected chi connectivity index (χ2v) is 6.09. The van der Waals surface area contributed by atoms with Crippen molar-refractivity contribution in [2.75, 3.05) is 13.1 Å². The van der Waals surface area contributed by atoms with Gasteiger partial charge in [-0.25, -0.2) is 0 Å². The summed E-state index contributed by atoms with van der Waals surface area (Å²) in [5.41, 5.74) is 1.24. The van der Waals surface area contributed by atoms with Crippen LogP contribution in [0.3, 0.4) is 0 Å². The molecule has 0 aliphatic heterocycles. The maximum atomic E-state index is 6.23. The van der Waals surface area contributed by atoms with Gasteiger partial charge in [0, 0.05) is 10.0 Å². The Balaban J connectivity index is 1.85. The first kappa shape index (κ1) is 14.2. The van der Waals surface area contributed by atoms with Crippen molar-refractivity contribution in [3.05, 3.63) is 33.8 Å².